The molecule has 0 spiro atoms. The van der Waals surface area contributed by atoms with Crippen LogP contribution in [-0.4, -0.2) is 29.7 Å². The van der Waals surface area contributed by atoms with E-state index in [1.165, 1.54) is 5.56 Å². The number of nitrogens with zero attached hydrogens (tertiary/aromatic N) is 1. The summed E-state index contributed by atoms with van der Waals surface area (Å²) in [6, 6.07) is 26.4. The molecule has 0 radical (unpaired) electrons. The molecule has 0 unspecified atom stereocenters. The maximum Gasteiger partial charge on any atom is 0.185 e. The summed E-state index contributed by atoms with van der Waals surface area (Å²) in [6.45, 7) is 3.03. The molecule has 0 bridgehead atoms. The zero-order valence-corrected chi connectivity index (χ0v) is 18.7. The number of nitrogen functional groups attached to an aromatic ring is 1. The Labute approximate surface area is 190 Å². The van der Waals surface area contributed by atoms with Crippen LogP contribution in [0.4, 0.5) is 5.69 Å². The van der Waals surface area contributed by atoms with Gasteiger partial charge in [0.05, 0.1) is 18.8 Å². The molecule has 5 heteroatoms. The first kappa shape index (κ1) is 22.5. The van der Waals surface area contributed by atoms with Gasteiger partial charge >= 0.3 is 0 Å². The van der Waals surface area contributed by atoms with Crippen molar-refractivity contribution in [1.82, 2.24) is 4.90 Å². The lowest BCUT2D eigenvalue weighted by Crippen LogP contribution is -2.38. The summed E-state index contributed by atoms with van der Waals surface area (Å²) in [5.74, 6) is 0. The molecule has 1 heterocycles. The number of ether oxygens (including phenoxy) is 2. The molecule has 0 saturated carbocycles. The molecule has 4 rings (SSSR count). The number of aliphatic hydroxyl groups is 1. The normalized spacial score (nSPS) is 22.1. The van der Waals surface area contributed by atoms with Crippen LogP contribution in [0.5, 0.6) is 0 Å². The largest absolute Gasteiger partial charge is 0.399 e. The second kappa shape index (κ2) is 10.3. The Morgan fingerprint density at radius 2 is 1.72 bits per heavy atom. The molecular formula is C27H32N2O3. The van der Waals surface area contributed by atoms with Gasteiger partial charge < -0.3 is 20.3 Å². The Morgan fingerprint density at radius 1 is 0.969 bits per heavy atom. The van der Waals surface area contributed by atoms with Crippen molar-refractivity contribution in [1.29, 1.82) is 0 Å². The van der Waals surface area contributed by atoms with Gasteiger partial charge in [-0.05, 0) is 42.8 Å². The molecule has 3 aromatic rings. The monoisotopic (exact) mass is 432 g/mol. The van der Waals surface area contributed by atoms with Crippen LogP contribution in [0.1, 0.15) is 54.0 Å². The molecule has 3 aromatic carbocycles. The maximum absolute atomic E-state index is 9.37. The van der Waals surface area contributed by atoms with E-state index in [4.69, 9.17) is 15.2 Å². The van der Waals surface area contributed by atoms with Crippen LogP contribution in [0.25, 0.3) is 0 Å². The predicted octanol–water partition coefficient (Wildman–Crippen LogP) is 5.00. The number of hydrogen-bond donors (Lipinski definition) is 2. The Bertz CT molecular complexity index is 993. The second-order valence-electron chi connectivity index (χ2n) is 8.55. The lowest BCUT2D eigenvalue weighted by molar-refractivity contribution is -0.253. The molecule has 1 fully saturated rings. The maximum atomic E-state index is 9.37. The Balaban J connectivity index is 1.54. The Hall–Kier alpha value is -2.70. The topological polar surface area (TPSA) is 68.0 Å². The second-order valence-corrected chi connectivity index (χ2v) is 8.55. The molecule has 4 atom stereocenters. The number of anilines is 1. The number of hydrogen-bond acceptors (Lipinski definition) is 5. The van der Waals surface area contributed by atoms with Crippen LogP contribution < -0.4 is 5.73 Å². The molecule has 1 aliphatic rings. The standard InChI is InChI=1S/C27H32N2O3/c1-19(21-7-4-3-5-8-21)29(2)17-25-16-26(22-13-11-20(18-30)12-14-22)32-27(31-25)23-9-6-10-24(28)15-23/h3-15,19,25-27,30H,16-18,28H2,1-2H3/t19-,25-,26+,27+/m0/s1. The van der Waals surface area contributed by atoms with E-state index in [-0.39, 0.29) is 24.9 Å². The van der Waals surface area contributed by atoms with Gasteiger partial charge in [-0.25, -0.2) is 0 Å². The van der Waals surface area contributed by atoms with Crippen molar-refractivity contribution in [2.24, 2.45) is 0 Å². The predicted molar refractivity (Wildman–Crippen MR) is 127 cm³/mol. The lowest BCUT2D eigenvalue weighted by atomic mass is 9.99. The summed E-state index contributed by atoms with van der Waals surface area (Å²) in [4.78, 5) is 2.33. The summed E-state index contributed by atoms with van der Waals surface area (Å²) >= 11 is 0. The average molecular weight is 433 g/mol. The molecule has 5 nitrogen and oxygen atoms in total. The van der Waals surface area contributed by atoms with Crippen molar-refractivity contribution in [2.45, 2.75) is 44.5 Å². The van der Waals surface area contributed by atoms with Crippen LogP contribution in [0, 0.1) is 0 Å². The summed E-state index contributed by atoms with van der Waals surface area (Å²) in [5, 5.41) is 9.37. The van der Waals surface area contributed by atoms with Gasteiger partial charge in [-0.15, -0.1) is 0 Å². The highest BCUT2D eigenvalue weighted by Crippen LogP contribution is 2.38. The summed E-state index contributed by atoms with van der Waals surface area (Å²) < 4.78 is 12.8. The van der Waals surface area contributed by atoms with Gasteiger partial charge in [0.15, 0.2) is 6.29 Å². The molecule has 1 aliphatic heterocycles. The minimum atomic E-state index is -0.486. The third kappa shape index (κ3) is 5.37. The highest BCUT2D eigenvalue weighted by molar-refractivity contribution is 5.41. The highest BCUT2D eigenvalue weighted by Gasteiger charge is 2.33. The third-order valence-corrected chi connectivity index (χ3v) is 6.23. The molecule has 0 aromatic heterocycles. The average Bonchev–Trinajstić information content (AvgIpc) is 2.84. The molecular weight excluding hydrogens is 400 g/mol. The van der Waals surface area contributed by atoms with Crippen LogP contribution in [0.3, 0.4) is 0 Å². The lowest BCUT2D eigenvalue weighted by Gasteiger charge is -2.39. The van der Waals surface area contributed by atoms with Crippen molar-refractivity contribution in [3.8, 4) is 0 Å². The van der Waals surface area contributed by atoms with Crippen LogP contribution >= 0.6 is 0 Å². The zero-order valence-electron chi connectivity index (χ0n) is 18.7. The van der Waals surface area contributed by atoms with E-state index in [2.05, 4.69) is 43.1 Å². The van der Waals surface area contributed by atoms with Gasteiger partial charge in [0.25, 0.3) is 0 Å². The van der Waals surface area contributed by atoms with E-state index in [0.29, 0.717) is 5.69 Å². The molecule has 3 N–H and O–H groups in total. The van der Waals surface area contributed by atoms with E-state index in [1.54, 1.807) is 0 Å². The fourth-order valence-electron chi connectivity index (χ4n) is 4.20. The van der Waals surface area contributed by atoms with Gasteiger partial charge in [0.1, 0.15) is 0 Å². The molecule has 0 aliphatic carbocycles. The van der Waals surface area contributed by atoms with Gasteiger partial charge in [0, 0.05) is 30.3 Å². The van der Waals surface area contributed by atoms with Crippen LogP contribution in [-0.2, 0) is 16.1 Å². The smallest absolute Gasteiger partial charge is 0.185 e. The molecule has 168 valence electrons. The summed E-state index contributed by atoms with van der Waals surface area (Å²) in [6.07, 6.45) is 0.158. The number of aliphatic hydroxyl groups excluding tert-OH is 1. The van der Waals surface area contributed by atoms with Gasteiger partial charge in [-0.3, -0.25) is 4.90 Å². The van der Waals surface area contributed by atoms with Gasteiger partial charge in [-0.1, -0.05) is 66.7 Å². The van der Waals surface area contributed by atoms with Crippen molar-refractivity contribution in [3.63, 3.8) is 0 Å². The van der Waals surface area contributed by atoms with E-state index in [9.17, 15) is 5.11 Å². The first-order chi connectivity index (χ1) is 15.5. The molecule has 1 saturated heterocycles. The fourth-order valence-corrected chi connectivity index (χ4v) is 4.20. The van der Waals surface area contributed by atoms with Gasteiger partial charge in [-0.2, -0.15) is 0 Å². The van der Waals surface area contributed by atoms with Crippen LogP contribution in [0.2, 0.25) is 0 Å². The number of nitrogens with two attached hydrogens (primary N) is 1. The van der Waals surface area contributed by atoms with Crippen LogP contribution in [0.15, 0.2) is 78.9 Å². The molecule has 0 amide bonds. The quantitative estimate of drug-likeness (QED) is 0.514. The Kier molecular flexibility index (Phi) is 7.22. The summed E-state index contributed by atoms with van der Waals surface area (Å²) in [5.41, 5.74) is 10.9. The van der Waals surface area contributed by atoms with Crippen molar-refractivity contribution in [2.75, 3.05) is 19.3 Å². The SMILES string of the molecule is C[C@@H](c1ccccc1)N(C)C[C@@H]1C[C@H](c2ccc(CO)cc2)O[C@H](c2cccc(N)c2)O1. The minimum Gasteiger partial charge on any atom is -0.399 e. The number of likely N-dealkylation sites (N-methyl/N-ethyl adjacent to an activating group) is 1. The van der Waals surface area contributed by atoms with E-state index in [1.807, 2.05) is 54.6 Å². The first-order valence-corrected chi connectivity index (χ1v) is 11.1. The third-order valence-electron chi connectivity index (χ3n) is 6.23. The number of rotatable bonds is 7. The van der Waals surface area contributed by atoms with Gasteiger partial charge in [0.2, 0.25) is 0 Å². The van der Waals surface area contributed by atoms with Crippen molar-refractivity contribution >= 4 is 5.69 Å². The van der Waals surface area contributed by atoms with E-state index >= 15 is 0 Å². The fraction of sp³-hybridized carbons (Fsp3) is 0.333. The number of benzene rings is 3. The Morgan fingerprint density at radius 3 is 2.41 bits per heavy atom. The minimum absolute atomic E-state index is 0.00568. The van der Waals surface area contributed by atoms with E-state index < -0.39 is 6.29 Å². The van der Waals surface area contributed by atoms with Crippen molar-refractivity contribution in [3.05, 3.63) is 101 Å². The van der Waals surface area contributed by atoms with Crippen molar-refractivity contribution < 1.29 is 14.6 Å². The molecule has 32 heavy (non-hydrogen) atoms. The zero-order chi connectivity index (χ0) is 22.5. The highest BCUT2D eigenvalue weighted by atomic mass is 16.7. The first-order valence-electron chi connectivity index (χ1n) is 11.1. The summed E-state index contributed by atoms with van der Waals surface area (Å²) in [7, 11) is 2.14. The van der Waals surface area contributed by atoms with E-state index in [0.717, 1.165) is 29.7 Å².